The number of aromatic nitrogens is 5. The lowest BCUT2D eigenvalue weighted by Gasteiger charge is -2.04. The average molecular weight is 243 g/mol. The summed E-state index contributed by atoms with van der Waals surface area (Å²) in [6, 6.07) is 9.59. The van der Waals surface area contributed by atoms with Gasteiger partial charge in [0.1, 0.15) is 6.61 Å². The van der Waals surface area contributed by atoms with Crippen molar-refractivity contribution in [3.63, 3.8) is 0 Å². The minimum atomic E-state index is -0.514. The van der Waals surface area contributed by atoms with Crippen LogP contribution in [-0.4, -0.2) is 25.4 Å². The molecule has 0 aliphatic carbocycles. The van der Waals surface area contributed by atoms with Crippen molar-refractivity contribution in [1.82, 2.24) is 25.4 Å². The molecule has 1 aromatic carbocycles. The summed E-state index contributed by atoms with van der Waals surface area (Å²) >= 11 is 0. The molecule has 18 heavy (non-hydrogen) atoms. The Morgan fingerprint density at radius 1 is 1.17 bits per heavy atom. The van der Waals surface area contributed by atoms with E-state index < -0.39 is 5.69 Å². The molecule has 0 radical (unpaired) electrons. The Morgan fingerprint density at radius 3 is 2.83 bits per heavy atom. The first-order valence-electron chi connectivity index (χ1n) is 5.30. The third-order valence-corrected chi connectivity index (χ3v) is 2.40. The molecule has 0 saturated carbocycles. The molecule has 0 saturated heterocycles. The maximum atomic E-state index is 11.3. The van der Waals surface area contributed by atoms with Gasteiger partial charge in [-0.3, -0.25) is 4.98 Å². The zero-order valence-corrected chi connectivity index (χ0v) is 9.25. The topological polar surface area (TPSA) is 96.6 Å². The molecule has 90 valence electrons. The molecular formula is C11H9N5O2. The van der Waals surface area contributed by atoms with Crippen molar-refractivity contribution in [2.24, 2.45) is 0 Å². The number of nitrogens with zero attached hydrogens (tertiary/aromatic N) is 3. The summed E-state index contributed by atoms with van der Waals surface area (Å²) in [5.41, 5.74) is 1.21. The quantitative estimate of drug-likeness (QED) is 0.702. The Labute approximate surface area is 101 Å². The molecule has 2 aromatic heterocycles. The highest BCUT2D eigenvalue weighted by Crippen LogP contribution is 2.15. The minimum absolute atomic E-state index is 0.173. The molecule has 7 heteroatoms. The predicted molar refractivity (Wildman–Crippen MR) is 63.1 cm³/mol. The SMILES string of the molecule is O=c1nc(OCc2ccccc2)c2n[nH]nc2[nH]1. The first-order chi connectivity index (χ1) is 8.83. The second kappa shape index (κ2) is 4.28. The molecule has 3 rings (SSSR count). The van der Waals surface area contributed by atoms with Crippen LogP contribution >= 0.6 is 0 Å². The number of H-pyrrole nitrogens is 2. The van der Waals surface area contributed by atoms with Crippen LogP contribution in [0.25, 0.3) is 11.2 Å². The van der Waals surface area contributed by atoms with Gasteiger partial charge in [-0.05, 0) is 5.56 Å². The summed E-state index contributed by atoms with van der Waals surface area (Å²) < 4.78 is 5.49. The highest BCUT2D eigenvalue weighted by Gasteiger charge is 2.10. The number of benzene rings is 1. The van der Waals surface area contributed by atoms with Crippen molar-refractivity contribution in [3.8, 4) is 5.88 Å². The number of fused-ring (bicyclic) bond motifs is 1. The second-order valence-corrected chi connectivity index (χ2v) is 3.64. The van der Waals surface area contributed by atoms with E-state index in [1.54, 1.807) is 0 Å². The Hall–Kier alpha value is -2.70. The number of nitrogens with one attached hydrogen (secondary N) is 2. The van der Waals surface area contributed by atoms with Crippen molar-refractivity contribution in [2.75, 3.05) is 0 Å². The molecule has 2 heterocycles. The molecule has 0 spiro atoms. The lowest BCUT2D eigenvalue weighted by atomic mass is 10.2. The third-order valence-electron chi connectivity index (χ3n) is 2.40. The van der Waals surface area contributed by atoms with Crippen LogP contribution in [0.4, 0.5) is 0 Å². The molecule has 3 aromatic rings. The summed E-state index contributed by atoms with van der Waals surface area (Å²) in [6.07, 6.45) is 0. The minimum Gasteiger partial charge on any atom is -0.471 e. The van der Waals surface area contributed by atoms with E-state index in [2.05, 4.69) is 25.4 Å². The van der Waals surface area contributed by atoms with Crippen LogP contribution in [0.3, 0.4) is 0 Å². The lowest BCUT2D eigenvalue weighted by molar-refractivity contribution is 0.296. The average Bonchev–Trinajstić information content (AvgIpc) is 2.85. The van der Waals surface area contributed by atoms with E-state index in [0.29, 0.717) is 17.8 Å². The number of hydrogen-bond donors (Lipinski definition) is 2. The van der Waals surface area contributed by atoms with Gasteiger partial charge in [0.05, 0.1) is 0 Å². The van der Waals surface area contributed by atoms with E-state index in [-0.39, 0.29) is 5.88 Å². The van der Waals surface area contributed by atoms with E-state index in [4.69, 9.17) is 4.74 Å². The van der Waals surface area contributed by atoms with Crippen LogP contribution in [-0.2, 0) is 6.61 Å². The van der Waals surface area contributed by atoms with Crippen LogP contribution in [0, 0.1) is 0 Å². The molecule has 0 atom stereocenters. The van der Waals surface area contributed by atoms with Crippen LogP contribution < -0.4 is 10.4 Å². The zero-order chi connectivity index (χ0) is 12.4. The summed E-state index contributed by atoms with van der Waals surface area (Å²) in [4.78, 5) is 17.5. The van der Waals surface area contributed by atoms with Gasteiger partial charge in [-0.2, -0.15) is 10.2 Å². The fourth-order valence-electron chi connectivity index (χ4n) is 1.57. The van der Waals surface area contributed by atoms with Gasteiger partial charge in [0.2, 0.25) is 0 Å². The van der Waals surface area contributed by atoms with E-state index in [9.17, 15) is 4.79 Å². The standard InChI is InChI=1S/C11H9N5O2/c17-11-12-9-8(14-16-15-9)10(13-11)18-6-7-4-2-1-3-5-7/h1-5H,6H2,(H2,12,13,14,15,16,17). The van der Waals surface area contributed by atoms with Crippen LogP contribution in [0.5, 0.6) is 5.88 Å². The van der Waals surface area contributed by atoms with Crippen molar-refractivity contribution in [2.45, 2.75) is 6.61 Å². The van der Waals surface area contributed by atoms with Crippen molar-refractivity contribution in [1.29, 1.82) is 0 Å². The predicted octanol–water partition coefficient (Wildman–Crippen LogP) is 0.620. The van der Waals surface area contributed by atoms with Crippen molar-refractivity contribution >= 4 is 11.2 Å². The van der Waals surface area contributed by atoms with Crippen molar-refractivity contribution < 1.29 is 4.74 Å². The highest BCUT2D eigenvalue weighted by molar-refractivity contribution is 5.73. The summed E-state index contributed by atoms with van der Waals surface area (Å²) in [7, 11) is 0. The smallest absolute Gasteiger partial charge is 0.350 e. The molecule has 7 nitrogen and oxygen atoms in total. The number of hydrogen-bond acceptors (Lipinski definition) is 5. The monoisotopic (exact) mass is 243 g/mol. The lowest BCUT2D eigenvalue weighted by Crippen LogP contribution is -2.12. The van der Waals surface area contributed by atoms with Crippen LogP contribution in [0.2, 0.25) is 0 Å². The van der Waals surface area contributed by atoms with E-state index in [1.165, 1.54) is 0 Å². The summed E-state index contributed by atoms with van der Waals surface area (Å²) in [6.45, 7) is 0.319. The Morgan fingerprint density at radius 2 is 2.00 bits per heavy atom. The van der Waals surface area contributed by atoms with E-state index in [1.807, 2.05) is 30.3 Å². The largest absolute Gasteiger partial charge is 0.471 e. The number of aromatic amines is 2. The second-order valence-electron chi connectivity index (χ2n) is 3.64. The Bertz CT molecular complexity index is 719. The summed E-state index contributed by atoms with van der Waals surface area (Å²) in [5, 5.41) is 10.1. The fourth-order valence-corrected chi connectivity index (χ4v) is 1.57. The first-order valence-corrected chi connectivity index (χ1v) is 5.30. The normalized spacial score (nSPS) is 10.7. The molecule has 0 aliphatic rings. The van der Waals surface area contributed by atoms with Gasteiger partial charge in [0.15, 0.2) is 11.2 Å². The van der Waals surface area contributed by atoms with E-state index in [0.717, 1.165) is 5.56 Å². The molecule has 0 bridgehead atoms. The Balaban J connectivity index is 1.91. The molecule has 0 fully saturated rings. The van der Waals surface area contributed by atoms with Gasteiger partial charge in [-0.25, -0.2) is 4.79 Å². The summed E-state index contributed by atoms with van der Waals surface area (Å²) in [5.74, 6) is 0.173. The first kappa shape index (κ1) is 10.5. The van der Waals surface area contributed by atoms with Gasteiger partial charge in [0.25, 0.3) is 5.88 Å². The molecule has 0 unspecified atom stereocenters. The van der Waals surface area contributed by atoms with Crippen LogP contribution in [0.1, 0.15) is 5.56 Å². The van der Waals surface area contributed by atoms with Gasteiger partial charge in [-0.1, -0.05) is 30.3 Å². The van der Waals surface area contributed by atoms with Gasteiger partial charge in [-0.15, -0.1) is 10.2 Å². The zero-order valence-electron chi connectivity index (χ0n) is 9.25. The molecule has 2 N–H and O–H groups in total. The fraction of sp³-hybridized carbons (Fsp3) is 0.0909. The molecule has 0 aliphatic heterocycles. The maximum absolute atomic E-state index is 11.3. The van der Waals surface area contributed by atoms with Gasteiger partial charge >= 0.3 is 5.69 Å². The number of ether oxygens (including phenoxy) is 1. The maximum Gasteiger partial charge on any atom is 0.350 e. The van der Waals surface area contributed by atoms with Crippen molar-refractivity contribution in [3.05, 3.63) is 46.4 Å². The molecular weight excluding hydrogens is 234 g/mol. The number of rotatable bonds is 3. The third kappa shape index (κ3) is 1.93. The Kier molecular flexibility index (Phi) is 2.49. The van der Waals surface area contributed by atoms with Gasteiger partial charge < -0.3 is 4.74 Å². The molecule has 0 amide bonds. The highest BCUT2D eigenvalue weighted by atomic mass is 16.5. The van der Waals surface area contributed by atoms with Gasteiger partial charge in [0, 0.05) is 0 Å². The van der Waals surface area contributed by atoms with Crippen LogP contribution in [0.15, 0.2) is 35.1 Å². The van der Waals surface area contributed by atoms with E-state index >= 15 is 0 Å².